The van der Waals surface area contributed by atoms with Crippen LogP contribution in [0, 0.1) is 0 Å². The van der Waals surface area contributed by atoms with Gasteiger partial charge in [0.05, 0.1) is 35.5 Å². The maximum Gasteiger partial charge on any atom is 0.257 e. The summed E-state index contributed by atoms with van der Waals surface area (Å²) in [5, 5.41) is 3.54. The summed E-state index contributed by atoms with van der Waals surface area (Å²) >= 11 is 13.7. The molecule has 1 N–H and O–H groups in total. The average Bonchev–Trinajstić information content (AvgIpc) is 2.56. The van der Waals surface area contributed by atoms with E-state index in [0.717, 1.165) is 4.90 Å². The lowest BCUT2D eigenvalue weighted by Gasteiger charge is -2.14. The van der Waals surface area contributed by atoms with Gasteiger partial charge in [-0.25, -0.2) is 0 Å². The van der Waals surface area contributed by atoms with Gasteiger partial charge < -0.3 is 14.8 Å². The van der Waals surface area contributed by atoms with Crippen LogP contribution in [-0.2, 0) is 0 Å². The van der Waals surface area contributed by atoms with E-state index in [1.165, 1.54) is 26.0 Å². The van der Waals surface area contributed by atoms with Crippen molar-refractivity contribution in [3.8, 4) is 11.5 Å². The molecule has 0 bridgehead atoms. The quantitative estimate of drug-likeness (QED) is 0.752. The molecule has 0 spiro atoms. The van der Waals surface area contributed by atoms with Crippen LogP contribution in [0.25, 0.3) is 0 Å². The Bertz CT molecular complexity index is 738. The van der Waals surface area contributed by atoms with Gasteiger partial charge in [-0.15, -0.1) is 11.8 Å². The minimum absolute atomic E-state index is 0.339. The molecule has 2 aromatic rings. The Labute approximate surface area is 149 Å². The molecule has 0 atom stereocenters. The molecule has 0 aliphatic carbocycles. The van der Waals surface area contributed by atoms with Crippen LogP contribution < -0.4 is 14.8 Å². The summed E-state index contributed by atoms with van der Waals surface area (Å²) in [5.41, 5.74) is 0.832. The van der Waals surface area contributed by atoms with Gasteiger partial charge in [-0.3, -0.25) is 4.79 Å². The number of thioether (sulfide) groups is 1. The Morgan fingerprint density at radius 2 is 1.74 bits per heavy atom. The lowest BCUT2D eigenvalue weighted by atomic mass is 10.2. The lowest BCUT2D eigenvalue weighted by molar-refractivity contribution is 0.102. The Balaban J connectivity index is 2.37. The number of benzene rings is 2. The summed E-state index contributed by atoms with van der Waals surface area (Å²) < 4.78 is 10.4. The summed E-state index contributed by atoms with van der Waals surface area (Å²) in [5.74, 6) is 0.529. The fourth-order valence-electron chi connectivity index (χ4n) is 1.95. The van der Waals surface area contributed by atoms with E-state index in [4.69, 9.17) is 32.7 Å². The molecule has 122 valence electrons. The van der Waals surface area contributed by atoms with Crippen LogP contribution in [0.2, 0.25) is 10.0 Å². The first-order chi connectivity index (χ1) is 11.0. The zero-order valence-corrected chi connectivity index (χ0v) is 15.1. The smallest absolute Gasteiger partial charge is 0.257 e. The van der Waals surface area contributed by atoms with E-state index < -0.39 is 0 Å². The number of carbonyl (C=O) groups is 1. The molecule has 0 aliphatic heterocycles. The van der Waals surface area contributed by atoms with Crippen LogP contribution >= 0.6 is 35.0 Å². The molecule has 0 heterocycles. The molecule has 0 aromatic heterocycles. The fraction of sp³-hybridized carbons (Fsp3) is 0.188. The summed E-state index contributed by atoms with van der Waals surface area (Å²) in [7, 11) is 2.99. The summed E-state index contributed by atoms with van der Waals surface area (Å²) in [6.45, 7) is 0. The van der Waals surface area contributed by atoms with Gasteiger partial charge in [-0.2, -0.15) is 0 Å². The van der Waals surface area contributed by atoms with E-state index in [9.17, 15) is 4.79 Å². The highest BCUT2D eigenvalue weighted by atomic mass is 35.5. The molecule has 0 unspecified atom stereocenters. The number of halogens is 2. The molecule has 2 rings (SSSR count). The van der Waals surface area contributed by atoms with Crippen molar-refractivity contribution in [2.24, 2.45) is 0 Å². The van der Waals surface area contributed by atoms with E-state index in [-0.39, 0.29) is 5.91 Å². The monoisotopic (exact) mass is 371 g/mol. The van der Waals surface area contributed by atoms with Gasteiger partial charge in [0.2, 0.25) is 0 Å². The largest absolute Gasteiger partial charge is 0.495 e. The van der Waals surface area contributed by atoms with Crippen molar-refractivity contribution < 1.29 is 14.3 Å². The summed E-state index contributed by atoms with van der Waals surface area (Å²) in [6.07, 6.45) is 1.93. The number of nitrogens with one attached hydrogen (secondary N) is 1. The number of ether oxygens (including phenoxy) is 2. The zero-order valence-electron chi connectivity index (χ0n) is 12.8. The Kier molecular flexibility index (Phi) is 6.04. The van der Waals surface area contributed by atoms with Gasteiger partial charge in [-0.05, 0) is 24.5 Å². The van der Waals surface area contributed by atoms with Crippen LogP contribution in [0.15, 0.2) is 35.2 Å². The average molecular weight is 372 g/mol. The molecule has 0 saturated heterocycles. The predicted octanol–water partition coefficient (Wildman–Crippen LogP) is 4.98. The second-order valence-corrected chi connectivity index (χ2v) is 6.18. The van der Waals surface area contributed by atoms with E-state index in [1.54, 1.807) is 24.3 Å². The fourth-order valence-corrected chi connectivity index (χ4v) is 2.83. The Hall–Kier alpha value is -1.56. The maximum atomic E-state index is 12.5. The van der Waals surface area contributed by atoms with Crippen LogP contribution in [0.4, 0.5) is 5.69 Å². The van der Waals surface area contributed by atoms with Gasteiger partial charge >= 0.3 is 0 Å². The van der Waals surface area contributed by atoms with E-state index >= 15 is 0 Å². The molecule has 4 nitrogen and oxygen atoms in total. The first-order valence-electron chi connectivity index (χ1n) is 6.56. The number of carbonyl (C=O) groups excluding carboxylic acids is 1. The second-order valence-electron chi connectivity index (χ2n) is 4.49. The molecule has 0 radical (unpaired) electrons. The molecular weight excluding hydrogens is 357 g/mol. The maximum absolute atomic E-state index is 12.5. The molecule has 1 amide bonds. The van der Waals surface area contributed by atoms with Crippen LogP contribution in [0.5, 0.6) is 11.5 Å². The van der Waals surface area contributed by atoms with Crippen molar-refractivity contribution in [1.29, 1.82) is 0 Å². The van der Waals surface area contributed by atoms with Crippen molar-refractivity contribution >= 4 is 46.6 Å². The Morgan fingerprint density at radius 3 is 2.35 bits per heavy atom. The topological polar surface area (TPSA) is 47.6 Å². The van der Waals surface area contributed by atoms with Gasteiger partial charge in [0.15, 0.2) is 0 Å². The standard InChI is InChI=1S/C16H15Cl2NO3S/c1-21-14-8-13(15(22-2)7-12(14)18)19-16(20)10-6-9(23-3)4-5-11(10)17/h4-8H,1-3H3,(H,19,20). The number of methoxy groups -OCH3 is 2. The van der Waals surface area contributed by atoms with Crippen molar-refractivity contribution in [2.45, 2.75) is 4.90 Å². The number of rotatable bonds is 5. The number of amides is 1. The zero-order chi connectivity index (χ0) is 17.0. The number of anilines is 1. The second kappa shape index (κ2) is 7.81. The molecule has 0 aliphatic rings. The number of hydrogen-bond donors (Lipinski definition) is 1. The third kappa shape index (κ3) is 4.05. The molecule has 0 saturated carbocycles. The van der Waals surface area contributed by atoms with E-state index in [1.807, 2.05) is 12.3 Å². The molecule has 23 heavy (non-hydrogen) atoms. The number of hydrogen-bond acceptors (Lipinski definition) is 4. The lowest BCUT2D eigenvalue weighted by Crippen LogP contribution is -2.13. The third-order valence-corrected chi connectivity index (χ3v) is 4.49. The molecule has 2 aromatic carbocycles. The highest BCUT2D eigenvalue weighted by Gasteiger charge is 2.16. The highest BCUT2D eigenvalue weighted by molar-refractivity contribution is 7.98. The minimum Gasteiger partial charge on any atom is -0.495 e. The SMILES string of the molecule is COc1cc(NC(=O)c2cc(SC)ccc2Cl)c(OC)cc1Cl. The summed E-state index contributed by atoms with van der Waals surface area (Å²) in [4.78, 5) is 13.5. The first kappa shape index (κ1) is 17.8. The summed E-state index contributed by atoms with van der Waals surface area (Å²) in [6, 6.07) is 8.47. The van der Waals surface area contributed by atoms with Crippen molar-refractivity contribution in [3.05, 3.63) is 45.9 Å². The van der Waals surface area contributed by atoms with Crippen molar-refractivity contribution in [2.75, 3.05) is 25.8 Å². The Morgan fingerprint density at radius 1 is 1.04 bits per heavy atom. The van der Waals surface area contributed by atoms with Gasteiger partial charge in [0.25, 0.3) is 5.91 Å². The third-order valence-electron chi connectivity index (χ3n) is 3.14. The normalized spacial score (nSPS) is 10.3. The molecular formula is C16H15Cl2NO3S. The first-order valence-corrected chi connectivity index (χ1v) is 8.54. The van der Waals surface area contributed by atoms with Crippen LogP contribution in [0.1, 0.15) is 10.4 Å². The minimum atomic E-state index is -0.339. The van der Waals surface area contributed by atoms with Crippen LogP contribution in [0.3, 0.4) is 0 Å². The van der Waals surface area contributed by atoms with Crippen LogP contribution in [-0.4, -0.2) is 26.4 Å². The van der Waals surface area contributed by atoms with Crippen molar-refractivity contribution in [1.82, 2.24) is 0 Å². The predicted molar refractivity (Wildman–Crippen MR) is 95.7 cm³/mol. The van der Waals surface area contributed by atoms with Gasteiger partial charge in [0, 0.05) is 17.0 Å². The van der Waals surface area contributed by atoms with Gasteiger partial charge in [-0.1, -0.05) is 23.2 Å². The molecule has 0 fully saturated rings. The van der Waals surface area contributed by atoms with E-state index in [0.29, 0.717) is 32.8 Å². The van der Waals surface area contributed by atoms with E-state index in [2.05, 4.69) is 5.32 Å². The van der Waals surface area contributed by atoms with Gasteiger partial charge in [0.1, 0.15) is 11.5 Å². The highest BCUT2D eigenvalue weighted by Crippen LogP contribution is 2.36. The molecule has 7 heteroatoms. The van der Waals surface area contributed by atoms with Crippen molar-refractivity contribution in [3.63, 3.8) is 0 Å².